The van der Waals surface area contributed by atoms with E-state index in [1.54, 1.807) is 7.11 Å². The Kier molecular flexibility index (Phi) is 6.41. The number of nitrogens with two attached hydrogens (primary N) is 1. The van der Waals surface area contributed by atoms with Gasteiger partial charge in [0.05, 0.1) is 12.2 Å². The van der Waals surface area contributed by atoms with Gasteiger partial charge in [0.1, 0.15) is 0 Å². The van der Waals surface area contributed by atoms with E-state index >= 15 is 0 Å². The van der Waals surface area contributed by atoms with Gasteiger partial charge in [0, 0.05) is 20.2 Å². The highest BCUT2D eigenvalue weighted by atomic mass is 16.5. The highest BCUT2D eigenvalue weighted by Gasteiger charge is 2.21. The molecule has 3 N–H and O–H groups in total. The summed E-state index contributed by atoms with van der Waals surface area (Å²) in [7, 11) is 1.78. The lowest BCUT2D eigenvalue weighted by molar-refractivity contribution is 0.0487. The van der Waals surface area contributed by atoms with Gasteiger partial charge >= 0.3 is 0 Å². The van der Waals surface area contributed by atoms with E-state index in [1.165, 1.54) is 19.4 Å². The minimum absolute atomic E-state index is 0.347. The van der Waals surface area contributed by atoms with Crippen LogP contribution in [0.15, 0.2) is 0 Å². The summed E-state index contributed by atoms with van der Waals surface area (Å²) in [6.45, 7) is 6.42. The first-order chi connectivity index (χ1) is 8.07. The molecule has 1 rings (SSSR count). The average molecular weight is 244 g/mol. The highest BCUT2D eigenvalue weighted by Crippen LogP contribution is 2.18. The summed E-state index contributed by atoms with van der Waals surface area (Å²) in [6.07, 6.45) is 4.35. The van der Waals surface area contributed by atoms with Crippen molar-refractivity contribution in [2.45, 2.75) is 38.2 Å². The Morgan fingerprint density at radius 3 is 2.94 bits per heavy atom. The second kappa shape index (κ2) is 7.31. The molecular weight excluding hydrogens is 216 g/mol. The normalized spacial score (nSPS) is 25.8. The van der Waals surface area contributed by atoms with Crippen molar-refractivity contribution in [3.63, 3.8) is 0 Å². The fourth-order valence-corrected chi connectivity index (χ4v) is 2.51. The summed E-state index contributed by atoms with van der Waals surface area (Å²) in [6, 6.07) is 0. The molecule has 1 aliphatic rings. The molecule has 2 atom stereocenters. The number of hydrogen-bond acceptors (Lipinski definition) is 4. The second-order valence-corrected chi connectivity index (χ2v) is 5.57. The van der Waals surface area contributed by atoms with E-state index in [4.69, 9.17) is 10.5 Å². The van der Waals surface area contributed by atoms with Crippen LogP contribution in [-0.4, -0.2) is 55.5 Å². The number of likely N-dealkylation sites (tertiary alicyclic amines) is 1. The van der Waals surface area contributed by atoms with Gasteiger partial charge in [0.2, 0.25) is 0 Å². The number of hydrogen-bond donors (Lipinski definition) is 2. The summed E-state index contributed by atoms with van der Waals surface area (Å²) >= 11 is 0. The van der Waals surface area contributed by atoms with Crippen molar-refractivity contribution in [2.75, 3.05) is 39.9 Å². The molecule has 0 radical (unpaired) electrons. The van der Waals surface area contributed by atoms with Gasteiger partial charge in [-0.3, -0.25) is 0 Å². The van der Waals surface area contributed by atoms with Gasteiger partial charge in [-0.05, 0) is 51.6 Å². The van der Waals surface area contributed by atoms with Crippen LogP contribution >= 0.6 is 0 Å². The van der Waals surface area contributed by atoms with Crippen LogP contribution in [0.4, 0.5) is 0 Å². The van der Waals surface area contributed by atoms with Gasteiger partial charge in [0.25, 0.3) is 0 Å². The van der Waals surface area contributed by atoms with Crippen LogP contribution in [0.25, 0.3) is 0 Å². The van der Waals surface area contributed by atoms with E-state index in [0.29, 0.717) is 12.5 Å². The number of methoxy groups -OCH3 is 1. The van der Waals surface area contributed by atoms with E-state index in [9.17, 15) is 5.11 Å². The third kappa shape index (κ3) is 5.82. The number of aliphatic hydroxyl groups is 1. The van der Waals surface area contributed by atoms with Crippen LogP contribution in [0, 0.1) is 5.92 Å². The maximum atomic E-state index is 9.83. The molecule has 102 valence electrons. The molecule has 1 heterocycles. The van der Waals surface area contributed by atoms with E-state index in [0.717, 1.165) is 32.5 Å². The molecular formula is C13H28N2O2. The van der Waals surface area contributed by atoms with Gasteiger partial charge in [0.15, 0.2) is 0 Å². The summed E-state index contributed by atoms with van der Waals surface area (Å²) in [4.78, 5) is 2.49. The van der Waals surface area contributed by atoms with Crippen LogP contribution in [0.1, 0.15) is 32.6 Å². The van der Waals surface area contributed by atoms with E-state index in [1.807, 2.05) is 6.92 Å². The monoisotopic (exact) mass is 244 g/mol. The Labute approximate surface area is 105 Å². The zero-order valence-corrected chi connectivity index (χ0v) is 11.3. The summed E-state index contributed by atoms with van der Waals surface area (Å²) in [5.41, 5.74) is 4.81. The second-order valence-electron chi connectivity index (χ2n) is 5.57. The van der Waals surface area contributed by atoms with Gasteiger partial charge in [-0.15, -0.1) is 0 Å². The number of piperidine rings is 1. The fraction of sp³-hybridized carbons (Fsp3) is 1.00. The average Bonchev–Trinajstić information content (AvgIpc) is 2.30. The van der Waals surface area contributed by atoms with Gasteiger partial charge in [-0.1, -0.05) is 0 Å². The van der Waals surface area contributed by atoms with Gasteiger partial charge in [-0.2, -0.15) is 0 Å². The maximum absolute atomic E-state index is 9.83. The van der Waals surface area contributed by atoms with Crippen LogP contribution in [0.2, 0.25) is 0 Å². The standard InChI is InChI=1S/C13H28N2O2/c1-13(16,11-14)6-4-8-15-7-3-5-12(9-15)10-17-2/h12,16H,3-11,14H2,1-2H3. The molecule has 0 aromatic rings. The first-order valence-electron chi connectivity index (χ1n) is 6.71. The zero-order valence-electron chi connectivity index (χ0n) is 11.3. The third-order valence-corrected chi connectivity index (χ3v) is 3.63. The molecule has 0 aromatic heterocycles. The van der Waals surface area contributed by atoms with Crippen molar-refractivity contribution in [3.05, 3.63) is 0 Å². The number of rotatable bonds is 7. The molecule has 17 heavy (non-hydrogen) atoms. The van der Waals surface area contributed by atoms with Crippen molar-refractivity contribution in [1.29, 1.82) is 0 Å². The predicted octanol–water partition coefficient (Wildman–Crippen LogP) is 0.835. The molecule has 4 heteroatoms. The van der Waals surface area contributed by atoms with E-state index in [2.05, 4.69) is 4.90 Å². The minimum Gasteiger partial charge on any atom is -0.389 e. The van der Waals surface area contributed by atoms with Crippen LogP contribution in [0.3, 0.4) is 0 Å². The molecule has 1 saturated heterocycles. The zero-order chi connectivity index (χ0) is 12.7. The quantitative estimate of drug-likeness (QED) is 0.696. The van der Waals surface area contributed by atoms with Crippen molar-refractivity contribution in [1.82, 2.24) is 4.90 Å². The van der Waals surface area contributed by atoms with Crippen molar-refractivity contribution in [2.24, 2.45) is 11.7 Å². The van der Waals surface area contributed by atoms with E-state index in [-0.39, 0.29) is 0 Å². The Morgan fingerprint density at radius 2 is 2.29 bits per heavy atom. The Morgan fingerprint density at radius 1 is 1.53 bits per heavy atom. The largest absolute Gasteiger partial charge is 0.389 e. The predicted molar refractivity (Wildman–Crippen MR) is 70.0 cm³/mol. The molecule has 0 spiro atoms. The smallest absolute Gasteiger partial charge is 0.0741 e. The molecule has 0 aromatic carbocycles. The molecule has 0 saturated carbocycles. The number of nitrogens with zero attached hydrogens (tertiary/aromatic N) is 1. The summed E-state index contributed by atoms with van der Waals surface area (Å²) in [5.74, 6) is 0.684. The first-order valence-corrected chi connectivity index (χ1v) is 6.71. The first kappa shape index (κ1) is 14.9. The van der Waals surface area contributed by atoms with Crippen LogP contribution < -0.4 is 5.73 Å². The highest BCUT2D eigenvalue weighted by molar-refractivity contribution is 4.76. The Balaban J connectivity index is 2.18. The van der Waals surface area contributed by atoms with Gasteiger partial charge in [-0.25, -0.2) is 0 Å². The minimum atomic E-state index is -0.693. The van der Waals surface area contributed by atoms with Gasteiger partial charge < -0.3 is 20.5 Å². The van der Waals surface area contributed by atoms with Crippen LogP contribution in [0.5, 0.6) is 0 Å². The fourth-order valence-electron chi connectivity index (χ4n) is 2.51. The summed E-state index contributed by atoms with van der Waals surface area (Å²) < 4.78 is 5.22. The molecule has 4 nitrogen and oxygen atoms in total. The lowest BCUT2D eigenvalue weighted by atomic mass is 9.97. The van der Waals surface area contributed by atoms with E-state index < -0.39 is 5.60 Å². The summed E-state index contributed by atoms with van der Waals surface area (Å²) in [5, 5.41) is 9.83. The molecule has 0 bridgehead atoms. The topological polar surface area (TPSA) is 58.7 Å². The SMILES string of the molecule is COCC1CCCN(CCCC(C)(O)CN)C1. The van der Waals surface area contributed by atoms with Crippen molar-refractivity contribution < 1.29 is 9.84 Å². The molecule has 1 fully saturated rings. The van der Waals surface area contributed by atoms with Crippen molar-refractivity contribution >= 4 is 0 Å². The maximum Gasteiger partial charge on any atom is 0.0741 e. The molecule has 1 aliphatic heterocycles. The molecule has 2 unspecified atom stereocenters. The molecule has 0 aliphatic carbocycles. The lowest BCUT2D eigenvalue weighted by Crippen LogP contribution is -2.39. The lowest BCUT2D eigenvalue weighted by Gasteiger charge is -2.33. The molecule has 0 amide bonds. The van der Waals surface area contributed by atoms with Crippen LogP contribution in [-0.2, 0) is 4.74 Å². The Hall–Kier alpha value is -0.160. The Bertz CT molecular complexity index is 208. The number of ether oxygens (including phenoxy) is 1. The third-order valence-electron chi connectivity index (χ3n) is 3.63. The van der Waals surface area contributed by atoms with Crippen molar-refractivity contribution in [3.8, 4) is 0 Å².